The fraction of sp³-hybridized carbons (Fsp3) is 0. The first-order valence-corrected chi connectivity index (χ1v) is 9.05. The zero-order valence-corrected chi connectivity index (χ0v) is 15.8. The maximum Gasteiger partial charge on any atom is 0.266 e. The van der Waals surface area contributed by atoms with Crippen LogP contribution in [0.3, 0.4) is 0 Å². The maximum absolute atomic E-state index is 12.6. The lowest BCUT2D eigenvalue weighted by atomic mass is 10.1. The number of anilines is 2. The van der Waals surface area contributed by atoms with Crippen molar-refractivity contribution < 1.29 is 14.4 Å². The number of benzene rings is 3. The molecule has 1 aliphatic heterocycles. The van der Waals surface area contributed by atoms with Gasteiger partial charge in [0.1, 0.15) is 0 Å². The van der Waals surface area contributed by atoms with Gasteiger partial charge in [0, 0.05) is 10.6 Å². The van der Waals surface area contributed by atoms with Crippen molar-refractivity contribution in [2.45, 2.75) is 0 Å². The van der Waals surface area contributed by atoms with E-state index in [1.54, 1.807) is 54.6 Å². The third-order valence-electron chi connectivity index (χ3n) is 4.34. The van der Waals surface area contributed by atoms with E-state index < -0.39 is 17.7 Å². The summed E-state index contributed by atoms with van der Waals surface area (Å²) in [7, 11) is 0. The van der Waals surface area contributed by atoms with Crippen LogP contribution in [0.4, 0.5) is 11.4 Å². The van der Waals surface area contributed by atoms with Crippen LogP contribution in [0, 0.1) is 0 Å². The average molecular weight is 411 g/mol. The molecule has 0 bridgehead atoms. The van der Waals surface area contributed by atoms with Crippen LogP contribution in [-0.2, 0) is 0 Å². The van der Waals surface area contributed by atoms with Crippen molar-refractivity contribution in [2.24, 2.45) is 0 Å². The number of nitrogens with zero attached hydrogens (tertiary/aromatic N) is 1. The van der Waals surface area contributed by atoms with E-state index in [0.717, 1.165) is 4.90 Å². The Morgan fingerprint density at radius 2 is 1.50 bits per heavy atom. The second-order valence-corrected chi connectivity index (χ2v) is 6.96. The topological polar surface area (TPSA) is 66.5 Å². The largest absolute Gasteiger partial charge is 0.321 e. The molecule has 28 heavy (non-hydrogen) atoms. The number of carbonyl (C=O) groups is 3. The van der Waals surface area contributed by atoms with Gasteiger partial charge in [0.05, 0.1) is 27.5 Å². The first-order valence-electron chi connectivity index (χ1n) is 8.30. The van der Waals surface area contributed by atoms with Crippen LogP contribution in [0.15, 0.2) is 66.7 Å². The van der Waals surface area contributed by atoms with E-state index in [1.165, 1.54) is 12.1 Å². The Hall–Kier alpha value is -3.15. The predicted octanol–water partition coefficient (Wildman–Crippen LogP) is 5.05. The van der Waals surface area contributed by atoms with Crippen molar-refractivity contribution >= 4 is 52.3 Å². The fourth-order valence-corrected chi connectivity index (χ4v) is 3.33. The summed E-state index contributed by atoms with van der Waals surface area (Å²) in [5, 5.41) is 3.45. The zero-order valence-electron chi connectivity index (χ0n) is 14.3. The molecular weight excluding hydrogens is 399 g/mol. The maximum atomic E-state index is 12.6. The van der Waals surface area contributed by atoms with Gasteiger partial charge in [-0.15, -0.1) is 0 Å². The molecule has 138 valence electrons. The summed E-state index contributed by atoms with van der Waals surface area (Å²) in [5.74, 6) is -1.28. The number of hydrogen-bond donors (Lipinski definition) is 1. The fourth-order valence-electron chi connectivity index (χ4n) is 3.00. The Kier molecular flexibility index (Phi) is 4.63. The molecule has 0 saturated heterocycles. The van der Waals surface area contributed by atoms with Gasteiger partial charge >= 0.3 is 0 Å². The van der Waals surface area contributed by atoms with Gasteiger partial charge in [-0.25, -0.2) is 4.90 Å². The second-order valence-electron chi connectivity index (χ2n) is 6.12. The Morgan fingerprint density at radius 1 is 0.821 bits per heavy atom. The minimum atomic E-state index is -0.442. The van der Waals surface area contributed by atoms with Gasteiger partial charge in [-0.2, -0.15) is 0 Å². The van der Waals surface area contributed by atoms with Crippen LogP contribution in [0.25, 0.3) is 0 Å². The van der Waals surface area contributed by atoms with Crippen LogP contribution in [-0.4, -0.2) is 17.7 Å². The molecule has 4 rings (SSSR count). The van der Waals surface area contributed by atoms with E-state index in [9.17, 15) is 14.4 Å². The number of rotatable bonds is 3. The molecule has 0 radical (unpaired) electrons. The monoisotopic (exact) mass is 410 g/mol. The number of imide groups is 1. The summed E-state index contributed by atoms with van der Waals surface area (Å²) in [5.41, 5.74) is 1.63. The highest BCUT2D eigenvalue weighted by Gasteiger charge is 2.36. The van der Waals surface area contributed by atoms with Crippen molar-refractivity contribution in [2.75, 3.05) is 10.2 Å². The molecule has 0 saturated carbocycles. The van der Waals surface area contributed by atoms with Crippen LogP contribution >= 0.6 is 23.2 Å². The molecule has 1 heterocycles. The molecule has 0 aliphatic carbocycles. The number of amides is 3. The molecule has 1 aliphatic rings. The Bertz CT molecular complexity index is 1110. The van der Waals surface area contributed by atoms with E-state index in [4.69, 9.17) is 23.2 Å². The molecule has 0 aromatic heterocycles. The van der Waals surface area contributed by atoms with E-state index in [2.05, 4.69) is 5.32 Å². The van der Waals surface area contributed by atoms with Crippen molar-refractivity contribution in [3.63, 3.8) is 0 Å². The minimum Gasteiger partial charge on any atom is -0.321 e. The van der Waals surface area contributed by atoms with Crippen molar-refractivity contribution in [3.05, 3.63) is 93.5 Å². The smallest absolute Gasteiger partial charge is 0.266 e. The van der Waals surface area contributed by atoms with Crippen LogP contribution in [0.2, 0.25) is 10.0 Å². The molecule has 3 amide bonds. The van der Waals surface area contributed by atoms with E-state index in [1.807, 2.05) is 0 Å². The van der Waals surface area contributed by atoms with Crippen molar-refractivity contribution in [1.29, 1.82) is 0 Å². The summed E-state index contributed by atoms with van der Waals surface area (Å²) < 4.78 is 0. The van der Waals surface area contributed by atoms with E-state index in [0.29, 0.717) is 32.5 Å². The lowest BCUT2D eigenvalue weighted by Gasteiger charge is -2.15. The number of hydrogen-bond acceptors (Lipinski definition) is 3. The summed E-state index contributed by atoms with van der Waals surface area (Å²) in [6, 6.07) is 17.6. The molecule has 0 spiro atoms. The van der Waals surface area contributed by atoms with Crippen LogP contribution in [0.1, 0.15) is 31.1 Å². The zero-order chi connectivity index (χ0) is 19.8. The van der Waals surface area contributed by atoms with Gasteiger partial charge in [-0.05, 0) is 48.5 Å². The molecule has 5 nitrogen and oxygen atoms in total. The second kappa shape index (κ2) is 7.11. The molecule has 0 unspecified atom stereocenters. The predicted molar refractivity (Wildman–Crippen MR) is 108 cm³/mol. The third-order valence-corrected chi connectivity index (χ3v) is 4.90. The molecule has 7 heteroatoms. The first-order chi connectivity index (χ1) is 13.5. The van der Waals surface area contributed by atoms with E-state index >= 15 is 0 Å². The lowest BCUT2D eigenvalue weighted by Crippen LogP contribution is -2.29. The molecule has 1 N–H and O–H groups in total. The molecule has 3 aromatic carbocycles. The summed E-state index contributed by atoms with van der Waals surface area (Å²) in [6.07, 6.45) is 0. The summed E-state index contributed by atoms with van der Waals surface area (Å²) in [4.78, 5) is 39.0. The van der Waals surface area contributed by atoms with Crippen molar-refractivity contribution in [1.82, 2.24) is 0 Å². The number of carbonyl (C=O) groups excluding carboxylic acids is 3. The van der Waals surface area contributed by atoms with Gasteiger partial charge in [0.2, 0.25) is 0 Å². The summed E-state index contributed by atoms with van der Waals surface area (Å²) >= 11 is 12.0. The molecule has 0 fully saturated rings. The lowest BCUT2D eigenvalue weighted by molar-refractivity contribution is 0.0924. The van der Waals surface area contributed by atoms with Gasteiger partial charge in [0.15, 0.2) is 0 Å². The van der Waals surface area contributed by atoms with E-state index in [-0.39, 0.29) is 5.56 Å². The molecule has 3 aromatic rings. The quantitative estimate of drug-likeness (QED) is 0.614. The Labute approximate surface area is 170 Å². The Morgan fingerprint density at radius 3 is 2.18 bits per heavy atom. The minimum absolute atomic E-state index is 0.269. The SMILES string of the molecule is O=C(Nc1cc(Cl)ccc1Cl)c1cccc(N2C(=O)c3ccccc3C2=O)c1. The molecule has 0 atom stereocenters. The third kappa shape index (κ3) is 3.15. The standard InChI is InChI=1S/C21H12Cl2N2O3/c22-13-8-9-17(23)18(11-13)24-19(26)12-4-3-5-14(10-12)25-20(27)15-6-1-2-7-16(15)21(25)28/h1-11H,(H,24,26). The van der Waals surface area contributed by atoms with Gasteiger partial charge in [-0.1, -0.05) is 41.4 Å². The molecular formula is C21H12Cl2N2O3. The highest BCUT2D eigenvalue weighted by molar-refractivity contribution is 6.36. The van der Waals surface area contributed by atoms with Gasteiger partial charge < -0.3 is 5.32 Å². The number of fused-ring (bicyclic) bond motifs is 1. The van der Waals surface area contributed by atoms with Gasteiger partial charge in [0.25, 0.3) is 17.7 Å². The van der Waals surface area contributed by atoms with Crippen molar-refractivity contribution in [3.8, 4) is 0 Å². The average Bonchev–Trinajstić information content (AvgIpc) is 2.95. The number of halogens is 2. The van der Waals surface area contributed by atoms with Gasteiger partial charge in [-0.3, -0.25) is 14.4 Å². The highest BCUT2D eigenvalue weighted by Crippen LogP contribution is 2.30. The normalized spacial score (nSPS) is 12.9. The van der Waals surface area contributed by atoms with Crippen LogP contribution < -0.4 is 10.2 Å². The Balaban J connectivity index is 1.64. The van der Waals surface area contributed by atoms with Crippen LogP contribution in [0.5, 0.6) is 0 Å². The highest BCUT2D eigenvalue weighted by atomic mass is 35.5. The first kappa shape index (κ1) is 18.2. The summed E-state index contributed by atoms with van der Waals surface area (Å²) in [6.45, 7) is 0. The number of nitrogens with one attached hydrogen (secondary N) is 1.